The SMILES string of the molecule is CCn1c(CN)nc2c1c(=O)[nH]c(=O)n2C1CCCCC1. The van der Waals surface area contributed by atoms with Crippen LogP contribution in [0.3, 0.4) is 0 Å². The van der Waals surface area contributed by atoms with Crippen molar-refractivity contribution in [2.24, 2.45) is 5.73 Å². The lowest BCUT2D eigenvalue weighted by Gasteiger charge is -2.23. The van der Waals surface area contributed by atoms with Gasteiger partial charge < -0.3 is 10.3 Å². The van der Waals surface area contributed by atoms with Crippen LogP contribution in [-0.2, 0) is 13.1 Å². The number of hydrogen-bond donors (Lipinski definition) is 2. The van der Waals surface area contributed by atoms with E-state index in [1.54, 1.807) is 9.13 Å². The minimum Gasteiger partial charge on any atom is -0.324 e. The molecule has 2 aromatic heterocycles. The maximum Gasteiger partial charge on any atom is 0.330 e. The van der Waals surface area contributed by atoms with E-state index in [1.165, 1.54) is 6.42 Å². The summed E-state index contributed by atoms with van der Waals surface area (Å²) >= 11 is 0. The standard InChI is InChI=1S/C14H21N5O2/c1-2-18-10(8-15)16-12-11(18)13(20)17-14(21)19(12)9-6-4-3-5-7-9/h9H,2-8,15H2,1H3,(H,17,20,21). The maximum atomic E-state index is 12.3. The van der Waals surface area contributed by atoms with Gasteiger partial charge in [0.05, 0.1) is 6.54 Å². The van der Waals surface area contributed by atoms with Crippen LogP contribution in [0.15, 0.2) is 9.59 Å². The summed E-state index contributed by atoms with van der Waals surface area (Å²) in [5.74, 6) is 0.646. The highest BCUT2D eigenvalue weighted by Crippen LogP contribution is 2.28. The molecular weight excluding hydrogens is 270 g/mol. The third-order valence-electron chi connectivity index (χ3n) is 4.35. The van der Waals surface area contributed by atoms with Gasteiger partial charge in [-0.25, -0.2) is 9.78 Å². The number of fused-ring (bicyclic) bond motifs is 1. The number of nitrogens with one attached hydrogen (secondary N) is 1. The van der Waals surface area contributed by atoms with Crippen molar-refractivity contribution in [2.45, 2.75) is 58.2 Å². The number of hydrogen-bond acceptors (Lipinski definition) is 4. The molecule has 114 valence electrons. The Bertz CT molecular complexity index is 764. The first-order valence-electron chi connectivity index (χ1n) is 7.61. The van der Waals surface area contributed by atoms with Gasteiger partial charge in [0.2, 0.25) is 0 Å². The first kappa shape index (κ1) is 14.1. The highest BCUT2D eigenvalue weighted by atomic mass is 16.2. The molecule has 0 amide bonds. The van der Waals surface area contributed by atoms with Crippen LogP contribution in [0.1, 0.15) is 50.9 Å². The molecule has 0 saturated heterocycles. The second kappa shape index (κ2) is 5.48. The molecule has 3 rings (SSSR count). The van der Waals surface area contributed by atoms with Crippen molar-refractivity contribution in [3.63, 3.8) is 0 Å². The first-order chi connectivity index (χ1) is 10.2. The van der Waals surface area contributed by atoms with Crippen LogP contribution in [0.5, 0.6) is 0 Å². The molecule has 7 heteroatoms. The van der Waals surface area contributed by atoms with Crippen molar-refractivity contribution in [3.8, 4) is 0 Å². The summed E-state index contributed by atoms with van der Waals surface area (Å²) < 4.78 is 3.47. The number of aromatic nitrogens is 4. The average molecular weight is 291 g/mol. The van der Waals surface area contributed by atoms with Crippen LogP contribution in [-0.4, -0.2) is 19.1 Å². The van der Waals surface area contributed by atoms with Crippen molar-refractivity contribution in [3.05, 3.63) is 26.7 Å². The van der Waals surface area contributed by atoms with Crippen LogP contribution in [0, 0.1) is 0 Å². The van der Waals surface area contributed by atoms with Gasteiger partial charge in [0, 0.05) is 12.6 Å². The third kappa shape index (κ3) is 2.21. The van der Waals surface area contributed by atoms with Gasteiger partial charge in [-0.2, -0.15) is 0 Å². The van der Waals surface area contributed by atoms with E-state index in [9.17, 15) is 9.59 Å². The number of nitrogens with zero attached hydrogens (tertiary/aromatic N) is 3. The number of imidazole rings is 1. The molecule has 0 aromatic carbocycles. The highest BCUT2D eigenvalue weighted by Gasteiger charge is 2.23. The van der Waals surface area contributed by atoms with Crippen LogP contribution in [0.2, 0.25) is 0 Å². The summed E-state index contributed by atoms with van der Waals surface area (Å²) in [5.41, 5.74) is 5.93. The van der Waals surface area contributed by atoms with Crippen molar-refractivity contribution < 1.29 is 0 Å². The smallest absolute Gasteiger partial charge is 0.324 e. The minimum absolute atomic E-state index is 0.122. The number of nitrogens with two attached hydrogens (primary N) is 1. The Labute approximate surface area is 121 Å². The Morgan fingerprint density at radius 2 is 2.00 bits per heavy atom. The Morgan fingerprint density at radius 1 is 1.29 bits per heavy atom. The Balaban J connectivity index is 2.31. The van der Waals surface area contributed by atoms with E-state index in [1.807, 2.05) is 6.92 Å². The average Bonchev–Trinajstić information content (AvgIpc) is 2.87. The number of rotatable bonds is 3. The lowest BCUT2D eigenvalue weighted by atomic mass is 9.95. The summed E-state index contributed by atoms with van der Waals surface area (Å²) in [5, 5.41) is 0. The molecule has 0 unspecified atom stereocenters. The molecule has 0 aliphatic heterocycles. The second-order valence-electron chi connectivity index (χ2n) is 5.57. The lowest BCUT2D eigenvalue weighted by molar-refractivity contribution is 0.349. The molecule has 0 radical (unpaired) electrons. The Kier molecular flexibility index (Phi) is 3.67. The number of aryl methyl sites for hydroxylation is 1. The van der Waals surface area contributed by atoms with Gasteiger partial charge in [0.25, 0.3) is 5.56 Å². The van der Waals surface area contributed by atoms with Gasteiger partial charge in [0.1, 0.15) is 5.82 Å². The van der Waals surface area contributed by atoms with Crippen molar-refractivity contribution in [1.82, 2.24) is 19.1 Å². The fourth-order valence-electron chi connectivity index (χ4n) is 3.36. The van der Waals surface area contributed by atoms with E-state index in [0.29, 0.717) is 23.5 Å². The van der Waals surface area contributed by atoms with E-state index >= 15 is 0 Å². The summed E-state index contributed by atoms with van der Waals surface area (Å²) in [7, 11) is 0. The number of aromatic amines is 1. The van der Waals surface area contributed by atoms with Crippen LogP contribution >= 0.6 is 0 Å². The van der Waals surface area contributed by atoms with Crippen LogP contribution in [0.25, 0.3) is 11.2 Å². The zero-order valence-corrected chi connectivity index (χ0v) is 12.3. The highest BCUT2D eigenvalue weighted by molar-refractivity contribution is 5.71. The molecule has 1 aliphatic carbocycles. The topological polar surface area (TPSA) is 98.7 Å². The molecule has 1 aliphatic rings. The van der Waals surface area contributed by atoms with Gasteiger partial charge in [0.15, 0.2) is 11.2 Å². The normalized spacial score (nSPS) is 16.7. The predicted molar refractivity (Wildman–Crippen MR) is 80.3 cm³/mol. The molecule has 0 atom stereocenters. The van der Waals surface area contributed by atoms with E-state index in [-0.39, 0.29) is 23.8 Å². The van der Waals surface area contributed by atoms with Crippen molar-refractivity contribution >= 4 is 11.2 Å². The zero-order valence-electron chi connectivity index (χ0n) is 12.3. The van der Waals surface area contributed by atoms with E-state index in [0.717, 1.165) is 25.7 Å². The largest absolute Gasteiger partial charge is 0.330 e. The first-order valence-corrected chi connectivity index (χ1v) is 7.61. The fourth-order valence-corrected chi connectivity index (χ4v) is 3.36. The van der Waals surface area contributed by atoms with Crippen LogP contribution < -0.4 is 17.0 Å². The molecule has 1 fully saturated rings. The minimum atomic E-state index is -0.379. The molecule has 7 nitrogen and oxygen atoms in total. The quantitative estimate of drug-likeness (QED) is 0.876. The Hall–Kier alpha value is -1.89. The van der Waals surface area contributed by atoms with Crippen molar-refractivity contribution in [1.29, 1.82) is 0 Å². The summed E-state index contributed by atoms with van der Waals surface area (Å²) in [6, 6.07) is 0.122. The molecule has 0 spiro atoms. The Morgan fingerprint density at radius 3 is 2.62 bits per heavy atom. The van der Waals surface area contributed by atoms with Crippen LogP contribution in [0.4, 0.5) is 0 Å². The second-order valence-corrected chi connectivity index (χ2v) is 5.57. The molecule has 3 N–H and O–H groups in total. The maximum absolute atomic E-state index is 12.3. The summed E-state index contributed by atoms with van der Waals surface area (Å²) in [4.78, 5) is 31.4. The van der Waals surface area contributed by atoms with Gasteiger partial charge in [-0.3, -0.25) is 14.3 Å². The predicted octanol–water partition coefficient (Wildman–Crippen LogP) is 0.870. The van der Waals surface area contributed by atoms with E-state index in [4.69, 9.17) is 5.73 Å². The summed E-state index contributed by atoms with van der Waals surface area (Å²) in [6.07, 6.45) is 5.33. The van der Waals surface area contributed by atoms with E-state index < -0.39 is 0 Å². The number of H-pyrrole nitrogens is 1. The molecule has 2 aromatic rings. The van der Waals surface area contributed by atoms with Crippen molar-refractivity contribution in [2.75, 3.05) is 0 Å². The van der Waals surface area contributed by atoms with Gasteiger partial charge in [-0.1, -0.05) is 19.3 Å². The van der Waals surface area contributed by atoms with E-state index in [2.05, 4.69) is 9.97 Å². The van der Waals surface area contributed by atoms with Gasteiger partial charge >= 0.3 is 5.69 Å². The van der Waals surface area contributed by atoms with Gasteiger partial charge in [-0.15, -0.1) is 0 Å². The molecule has 0 bridgehead atoms. The molecule has 2 heterocycles. The molecule has 1 saturated carbocycles. The van der Waals surface area contributed by atoms with Gasteiger partial charge in [-0.05, 0) is 19.8 Å². The zero-order chi connectivity index (χ0) is 15.0. The molecule has 21 heavy (non-hydrogen) atoms. The summed E-state index contributed by atoms with van der Waals surface area (Å²) in [6.45, 7) is 2.80. The lowest BCUT2D eigenvalue weighted by Crippen LogP contribution is -2.34. The third-order valence-corrected chi connectivity index (χ3v) is 4.35. The monoisotopic (exact) mass is 291 g/mol. The molecular formula is C14H21N5O2. The fraction of sp³-hybridized carbons (Fsp3) is 0.643.